The molecule has 0 aliphatic heterocycles. The lowest BCUT2D eigenvalue weighted by Gasteiger charge is -1.94. The molecule has 0 aliphatic rings. The second-order valence-corrected chi connectivity index (χ2v) is 3.59. The minimum Gasteiger partial charge on any atom is -0.384 e. The number of sulfone groups is 1. The molecule has 0 heterocycles. The van der Waals surface area contributed by atoms with Crippen LogP contribution in [-0.2, 0) is 14.6 Å². The Morgan fingerprint density at radius 3 is 2.56 bits per heavy atom. The highest BCUT2D eigenvalue weighted by atomic mass is 32.2. The largest absolute Gasteiger partial charge is 0.384 e. The summed E-state index contributed by atoms with van der Waals surface area (Å²) >= 11 is 0. The number of rotatable bonds is 4. The summed E-state index contributed by atoms with van der Waals surface area (Å²) in [5.41, 5.74) is 0. The van der Waals surface area contributed by atoms with E-state index in [2.05, 4.69) is 11.3 Å². The van der Waals surface area contributed by atoms with E-state index in [1.807, 2.05) is 0 Å². The highest BCUT2D eigenvalue weighted by molar-refractivity contribution is 7.94. The van der Waals surface area contributed by atoms with Crippen LogP contribution in [0.4, 0.5) is 0 Å². The van der Waals surface area contributed by atoms with Crippen LogP contribution in [0, 0.1) is 0 Å². The fourth-order valence-corrected chi connectivity index (χ4v) is 0.848. The molecule has 0 bridgehead atoms. The van der Waals surface area contributed by atoms with Gasteiger partial charge in [0.25, 0.3) is 0 Å². The van der Waals surface area contributed by atoms with E-state index >= 15 is 0 Å². The maximum atomic E-state index is 10.6. The molecule has 0 aromatic heterocycles. The summed E-state index contributed by atoms with van der Waals surface area (Å²) in [6, 6.07) is 0. The van der Waals surface area contributed by atoms with E-state index in [0.717, 1.165) is 5.41 Å². The SMILES string of the molecule is C=CS(=O)(=O)CCOC. The van der Waals surface area contributed by atoms with E-state index in [1.54, 1.807) is 0 Å². The summed E-state index contributed by atoms with van der Waals surface area (Å²) < 4.78 is 25.7. The molecule has 0 saturated heterocycles. The first-order valence-corrected chi connectivity index (χ1v) is 4.18. The second-order valence-electron chi connectivity index (χ2n) is 1.53. The fraction of sp³-hybridized carbons (Fsp3) is 0.600. The molecular weight excluding hydrogens is 140 g/mol. The highest BCUT2D eigenvalue weighted by Gasteiger charge is 2.01. The molecule has 0 spiro atoms. The number of ether oxygens (including phenoxy) is 1. The van der Waals surface area contributed by atoms with Crippen LogP contribution >= 0.6 is 0 Å². The third-order valence-corrected chi connectivity index (χ3v) is 2.07. The molecule has 0 aliphatic carbocycles. The van der Waals surface area contributed by atoms with E-state index in [4.69, 9.17) is 0 Å². The lowest BCUT2D eigenvalue weighted by molar-refractivity contribution is 0.217. The molecule has 0 radical (unpaired) electrons. The molecule has 54 valence electrons. The first-order valence-electron chi connectivity index (χ1n) is 2.46. The molecule has 0 N–H and O–H groups in total. The van der Waals surface area contributed by atoms with E-state index in [-0.39, 0.29) is 12.4 Å². The van der Waals surface area contributed by atoms with Gasteiger partial charge in [-0.15, -0.1) is 0 Å². The maximum Gasteiger partial charge on any atom is 0.173 e. The molecule has 0 saturated carbocycles. The van der Waals surface area contributed by atoms with Gasteiger partial charge in [-0.3, -0.25) is 0 Å². The first kappa shape index (κ1) is 8.65. The zero-order chi connectivity index (χ0) is 7.33. The van der Waals surface area contributed by atoms with Gasteiger partial charge in [-0.1, -0.05) is 6.58 Å². The van der Waals surface area contributed by atoms with Crippen LogP contribution in [0.3, 0.4) is 0 Å². The van der Waals surface area contributed by atoms with Crippen molar-refractivity contribution in [2.75, 3.05) is 19.5 Å². The van der Waals surface area contributed by atoms with Crippen LogP contribution in [0.25, 0.3) is 0 Å². The van der Waals surface area contributed by atoms with Crippen molar-refractivity contribution in [1.29, 1.82) is 0 Å². The van der Waals surface area contributed by atoms with Crippen molar-refractivity contribution in [2.45, 2.75) is 0 Å². The second kappa shape index (κ2) is 3.63. The monoisotopic (exact) mass is 150 g/mol. The molecule has 0 atom stereocenters. The van der Waals surface area contributed by atoms with Crippen molar-refractivity contribution in [3.63, 3.8) is 0 Å². The van der Waals surface area contributed by atoms with Gasteiger partial charge in [-0.05, 0) is 0 Å². The Hall–Kier alpha value is -0.350. The molecule has 0 aromatic rings. The van der Waals surface area contributed by atoms with Crippen LogP contribution in [0.15, 0.2) is 12.0 Å². The minimum atomic E-state index is -3.04. The first-order chi connectivity index (χ1) is 4.12. The van der Waals surface area contributed by atoms with Crippen LogP contribution in [-0.4, -0.2) is 27.9 Å². The lowest BCUT2D eigenvalue weighted by Crippen LogP contribution is -2.07. The summed E-state index contributed by atoms with van der Waals surface area (Å²) in [6.45, 7) is 3.37. The Labute approximate surface area is 55.2 Å². The fourth-order valence-electron chi connectivity index (χ4n) is 0.283. The summed E-state index contributed by atoms with van der Waals surface area (Å²) in [5, 5.41) is 0.937. The topological polar surface area (TPSA) is 43.4 Å². The third kappa shape index (κ3) is 4.17. The van der Waals surface area contributed by atoms with E-state index < -0.39 is 9.84 Å². The van der Waals surface area contributed by atoms with Crippen molar-refractivity contribution in [1.82, 2.24) is 0 Å². The molecule has 0 fully saturated rings. The zero-order valence-corrected chi connectivity index (χ0v) is 6.15. The highest BCUT2D eigenvalue weighted by Crippen LogP contribution is 1.88. The van der Waals surface area contributed by atoms with Gasteiger partial charge in [-0.25, -0.2) is 8.42 Å². The van der Waals surface area contributed by atoms with Crippen molar-refractivity contribution in [3.05, 3.63) is 12.0 Å². The predicted molar refractivity (Wildman–Crippen MR) is 35.9 cm³/mol. The Balaban J connectivity index is 3.75. The standard InChI is InChI=1S/C5H10O3S/c1-3-9(6,7)5-4-8-2/h3H,1,4-5H2,2H3. The summed E-state index contributed by atoms with van der Waals surface area (Å²) in [6.07, 6.45) is 0. The molecular formula is C5H10O3S. The maximum absolute atomic E-state index is 10.6. The average molecular weight is 150 g/mol. The van der Waals surface area contributed by atoms with Crippen molar-refractivity contribution >= 4 is 9.84 Å². The molecule has 4 heteroatoms. The van der Waals surface area contributed by atoms with Crippen LogP contribution in [0.1, 0.15) is 0 Å². The summed E-state index contributed by atoms with van der Waals surface area (Å²) in [7, 11) is -1.59. The van der Waals surface area contributed by atoms with Crippen LogP contribution in [0.2, 0.25) is 0 Å². The Morgan fingerprint density at radius 1 is 1.67 bits per heavy atom. The van der Waals surface area contributed by atoms with Crippen molar-refractivity contribution in [2.24, 2.45) is 0 Å². The number of methoxy groups -OCH3 is 1. The molecule has 9 heavy (non-hydrogen) atoms. The van der Waals surface area contributed by atoms with E-state index in [0.29, 0.717) is 0 Å². The molecule has 3 nitrogen and oxygen atoms in total. The van der Waals surface area contributed by atoms with Gasteiger partial charge < -0.3 is 4.74 Å². The lowest BCUT2D eigenvalue weighted by atomic mass is 10.9. The molecule has 0 aromatic carbocycles. The minimum absolute atomic E-state index is 0.0208. The molecule has 0 unspecified atom stereocenters. The normalized spacial score (nSPS) is 11.2. The van der Waals surface area contributed by atoms with Crippen LogP contribution in [0.5, 0.6) is 0 Å². The third-order valence-electron chi connectivity index (χ3n) is 0.826. The van der Waals surface area contributed by atoms with Crippen molar-refractivity contribution < 1.29 is 13.2 Å². The van der Waals surface area contributed by atoms with Crippen molar-refractivity contribution in [3.8, 4) is 0 Å². The van der Waals surface area contributed by atoms with Crippen LogP contribution < -0.4 is 0 Å². The van der Waals surface area contributed by atoms with E-state index in [9.17, 15) is 8.42 Å². The predicted octanol–water partition coefficient (Wildman–Crippen LogP) is 0.191. The smallest absolute Gasteiger partial charge is 0.173 e. The van der Waals surface area contributed by atoms with Gasteiger partial charge >= 0.3 is 0 Å². The number of hydrogen-bond donors (Lipinski definition) is 0. The van der Waals surface area contributed by atoms with Gasteiger partial charge in [0.2, 0.25) is 0 Å². The summed E-state index contributed by atoms with van der Waals surface area (Å²) in [5.74, 6) is 0.0208. The molecule has 0 amide bonds. The Morgan fingerprint density at radius 2 is 2.22 bits per heavy atom. The zero-order valence-electron chi connectivity index (χ0n) is 5.33. The number of hydrogen-bond acceptors (Lipinski definition) is 3. The molecule has 0 rings (SSSR count). The van der Waals surface area contributed by atoms with Gasteiger partial charge in [0.1, 0.15) is 0 Å². The average Bonchev–Trinajstić information content (AvgIpc) is 1.84. The Bertz CT molecular complexity index is 169. The van der Waals surface area contributed by atoms with Gasteiger partial charge in [0.05, 0.1) is 12.4 Å². The Kier molecular flexibility index (Phi) is 3.49. The van der Waals surface area contributed by atoms with Gasteiger partial charge in [-0.2, -0.15) is 0 Å². The van der Waals surface area contributed by atoms with Gasteiger partial charge in [0, 0.05) is 12.5 Å². The van der Waals surface area contributed by atoms with Gasteiger partial charge in [0.15, 0.2) is 9.84 Å². The summed E-state index contributed by atoms with van der Waals surface area (Å²) in [4.78, 5) is 0. The quantitative estimate of drug-likeness (QED) is 0.574. The van der Waals surface area contributed by atoms with E-state index in [1.165, 1.54) is 7.11 Å².